The second-order valence-electron chi connectivity index (χ2n) is 5.47. The Morgan fingerprint density at radius 2 is 2.13 bits per heavy atom. The van der Waals surface area contributed by atoms with E-state index in [4.69, 9.17) is 21.4 Å². The number of hydrogen-bond acceptors (Lipinski definition) is 3. The molecule has 3 rings (SSSR count). The van der Waals surface area contributed by atoms with Crippen molar-refractivity contribution < 1.29 is 19.7 Å². The predicted octanol–water partition coefficient (Wildman–Crippen LogP) is 3.37. The average Bonchev–Trinajstić information content (AvgIpc) is 2.98. The molecule has 0 fully saturated rings. The summed E-state index contributed by atoms with van der Waals surface area (Å²) in [5.74, 6) is 0.534. The molecule has 1 heterocycles. The number of likely N-dealkylation sites (N-methyl/N-ethyl adjacent to an activating group) is 1. The average molecular weight is 334 g/mol. The fourth-order valence-corrected chi connectivity index (χ4v) is 2.94. The van der Waals surface area contributed by atoms with Crippen molar-refractivity contribution >= 4 is 17.7 Å². The van der Waals surface area contributed by atoms with E-state index in [1.54, 1.807) is 6.07 Å². The van der Waals surface area contributed by atoms with Crippen LogP contribution < -0.4 is 4.74 Å². The van der Waals surface area contributed by atoms with E-state index in [1.807, 2.05) is 30.3 Å². The van der Waals surface area contributed by atoms with Crippen LogP contribution in [0.5, 0.6) is 5.75 Å². The Bertz CT molecular complexity index is 762. The van der Waals surface area contributed by atoms with Crippen LogP contribution in [-0.2, 0) is 13.0 Å². The Morgan fingerprint density at radius 3 is 2.83 bits per heavy atom. The minimum absolute atomic E-state index is 0.0267. The first kappa shape index (κ1) is 15.6. The maximum absolute atomic E-state index is 11.1. The number of rotatable bonds is 3. The first-order valence-electron chi connectivity index (χ1n) is 7.14. The molecule has 2 aromatic carbocycles. The van der Waals surface area contributed by atoms with Gasteiger partial charge in [-0.25, -0.2) is 4.79 Å². The molecule has 1 aliphatic heterocycles. The highest BCUT2D eigenvalue weighted by atomic mass is 35.5. The quantitative estimate of drug-likeness (QED) is 0.903. The number of aliphatic hydroxyl groups is 1. The highest BCUT2D eigenvalue weighted by Crippen LogP contribution is 2.40. The molecule has 0 saturated carbocycles. The van der Waals surface area contributed by atoms with Crippen LogP contribution >= 0.6 is 11.6 Å². The first-order valence-corrected chi connectivity index (χ1v) is 7.52. The largest absolute Gasteiger partial charge is 0.468 e. The minimum Gasteiger partial charge on any atom is -0.468 e. The normalized spacial score (nSPS) is 15.9. The Hall–Kier alpha value is -2.24. The number of nitrogens with zero attached hydrogens (tertiary/aromatic N) is 1. The number of hydrogen-bond donors (Lipinski definition) is 2. The molecule has 1 aliphatic rings. The predicted molar refractivity (Wildman–Crippen MR) is 86.7 cm³/mol. The smallest absolute Gasteiger partial charge is 0.409 e. The molecule has 1 atom stereocenters. The summed E-state index contributed by atoms with van der Waals surface area (Å²) >= 11 is 6.31. The number of benzene rings is 2. The summed E-state index contributed by atoms with van der Waals surface area (Å²) in [6.45, 7) is -0.0267. The maximum atomic E-state index is 11.1. The molecule has 2 N–H and O–H groups in total. The summed E-state index contributed by atoms with van der Waals surface area (Å²) in [6.07, 6.45) is -1.17. The molecule has 6 heteroatoms. The number of aliphatic hydroxyl groups excluding tert-OH is 1. The van der Waals surface area contributed by atoms with Crippen molar-refractivity contribution in [3.8, 4) is 16.9 Å². The molecule has 0 saturated heterocycles. The summed E-state index contributed by atoms with van der Waals surface area (Å²) in [5.41, 5.74) is 3.54. The highest BCUT2D eigenvalue weighted by Gasteiger charge is 2.31. The summed E-state index contributed by atoms with van der Waals surface area (Å²) in [6, 6.07) is 11.3. The standard InChI is InChI=1S/C17H16ClNO4/c1-19(17(21)22)15-8-13-6-12(7-14(18)16(13)23-15)11-4-2-3-10(5-11)9-20/h2-7,15,20H,8-9H2,1H3,(H,21,22). The molecular formula is C17H16ClNO4. The van der Waals surface area contributed by atoms with Crippen LogP contribution in [-0.4, -0.2) is 34.5 Å². The summed E-state index contributed by atoms with van der Waals surface area (Å²) in [4.78, 5) is 12.2. The van der Waals surface area contributed by atoms with Crippen molar-refractivity contribution in [3.63, 3.8) is 0 Å². The van der Waals surface area contributed by atoms with Gasteiger partial charge in [0.1, 0.15) is 5.75 Å². The summed E-state index contributed by atoms with van der Waals surface area (Å²) < 4.78 is 5.67. The summed E-state index contributed by atoms with van der Waals surface area (Å²) in [5, 5.41) is 18.8. The molecule has 0 aliphatic carbocycles. The molecule has 120 valence electrons. The van der Waals surface area contributed by atoms with Crippen LogP contribution in [0.25, 0.3) is 11.1 Å². The van der Waals surface area contributed by atoms with Crippen molar-refractivity contribution in [1.29, 1.82) is 0 Å². The van der Waals surface area contributed by atoms with Crippen LogP contribution in [0, 0.1) is 0 Å². The number of carbonyl (C=O) groups is 1. The van der Waals surface area contributed by atoms with E-state index in [9.17, 15) is 9.90 Å². The third-order valence-corrected chi connectivity index (χ3v) is 4.23. The van der Waals surface area contributed by atoms with Gasteiger partial charge in [0.05, 0.1) is 11.6 Å². The molecule has 5 nitrogen and oxygen atoms in total. The maximum Gasteiger partial charge on any atom is 0.409 e. The SMILES string of the molecule is CN(C(=O)O)C1Cc2cc(-c3cccc(CO)c3)cc(Cl)c2O1. The lowest BCUT2D eigenvalue weighted by atomic mass is 10.00. The monoisotopic (exact) mass is 333 g/mol. The van der Waals surface area contributed by atoms with Gasteiger partial charge in [0, 0.05) is 19.0 Å². The molecule has 1 unspecified atom stereocenters. The molecule has 1 amide bonds. The Labute approximate surface area is 138 Å². The van der Waals surface area contributed by atoms with Gasteiger partial charge in [-0.15, -0.1) is 0 Å². The van der Waals surface area contributed by atoms with Gasteiger partial charge < -0.3 is 14.9 Å². The van der Waals surface area contributed by atoms with Crippen molar-refractivity contribution in [2.24, 2.45) is 0 Å². The van der Waals surface area contributed by atoms with Gasteiger partial charge in [-0.3, -0.25) is 4.90 Å². The zero-order valence-corrected chi connectivity index (χ0v) is 13.2. The highest BCUT2D eigenvalue weighted by molar-refractivity contribution is 6.32. The zero-order chi connectivity index (χ0) is 16.6. The Kier molecular flexibility index (Phi) is 4.15. The molecule has 0 aromatic heterocycles. The lowest BCUT2D eigenvalue weighted by molar-refractivity contribution is 0.0608. The number of ether oxygens (including phenoxy) is 1. The van der Waals surface area contributed by atoms with Crippen molar-refractivity contribution in [1.82, 2.24) is 4.90 Å². The second-order valence-corrected chi connectivity index (χ2v) is 5.88. The van der Waals surface area contributed by atoms with Crippen LogP contribution in [0.1, 0.15) is 11.1 Å². The topological polar surface area (TPSA) is 70.0 Å². The molecule has 0 spiro atoms. The van der Waals surface area contributed by atoms with Gasteiger partial charge in [-0.05, 0) is 34.9 Å². The van der Waals surface area contributed by atoms with Crippen LogP contribution in [0.3, 0.4) is 0 Å². The van der Waals surface area contributed by atoms with Gasteiger partial charge >= 0.3 is 6.09 Å². The number of halogens is 1. The molecule has 2 aromatic rings. The molecular weight excluding hydrogens is 318 g/mol. The second kappa shape index (κ2) is 6.10. The van der Waals surface area contributed by atoms with Crippen molar-refractivity contribution in [3.05, 3.63) is 52.5 Å². The van der Waals surface area contributed by atoms with Crippen LogP contribution in [0.4, 0.5) is 4.79 Å². The Balaban J connectivity index is 1.95. The van der Waals surface area contributed by atoms with E-state index in [1.165, 1.54) is 7.05 Å². The lowest BCUT2D eigenvalue weighted by Gasteiger charge is -2.20. The van der Waals surface area contributed by atoms with E-state index < -0.39 is 12.3 Å². The molecule has 23 heavy (non-hydrogen) atoms. The number of fused-ring (bicyclic) bond motifs is 1. The van der Waals surface area contributed by atoms with Gasteiger partial charge in [0.15, 0.2) is 6.23 Å². The fourth-order valence-electron chi connectivity index (χ4n) is 2.65. The first-order chi connectivity index (χ1) is 11.0. The zero-order valence-electron chi connectivity index (χ0n) is 12.5. The van der Waals surface area contributed by atoms with E-state index in [-0.39, 0.29) is 6.61 Å². The number of amides is 1. The fraction of sp³-hybridized carbons (Fsp3) is 0.235. The molecule has 0 bridgehead atoms. The summed E-state index contributed by atoms with van der Waals surface area (Å²) in [7, 11) is 1.47. The lowest BCUT2D eigenvalue weighted by Crippen LogP contribution is -2.38. The van der Waals surface area contributed by atoms with E-state index in [0.717, 1.165) is 27.2 Å². The molecule has 0 radical (unpaired) electrons. The van der Waals surface area contributed by atoms with E-state index in [0.29, 0.717) is 17.2 Å². The van der Waals surface area contributed by atoms with E-state index in [2.05, 4.69) is 0 Å². The van der Waals surface area contributed by atoms with Gasteiger partial charge in [0.25, 0.3) is 0 Å². The van der Waals surface area contributed by atoms with Crippen molar-refractivity contribution in [2.45, 2.75) is 19.3 Å². The third kappa shape index (κ3) is 2.98. The Morgan fingerprint density at radius 1 is 1.35 bits per heavy atom. The van der Waals surface area contributed by atoms with E-state index >= 15 is 0 Å². The number of carboxylic acid groups (broad SMARTS) is 1. The van der Waals surface area contributed by atoms with Gasteiger partial charge in [0.2, 0.25) is 0 Å². The minimum atomic E-state index is -1.05. The van der Waals surface area contributed by atoms with Crippen LogP contribution in [0.15, 0.2) is 36.4 Å². The van der Waals surface area contributed by atoms with Gasteiger partial charge in [-0.1, -0.05) is 29.8 Å². The third-order valence-electron chi connectivity index (χ3n) is 3.95. The van der Waals surface area contributed by atoms with Crippen molar-refractivity contribution in [2.75, 3.05) is 7.05 Å². The van der Waals surface area contributed by atoms with Gasteiger partial charge in [-0.2, -0.15) is 0 Å². The van der Waals surface area contributed by atoms with Crippen LogP contribution in [0.2, 0.25) is 5.02 Å².